The van der Waals surface area contributed by atoms with Crippen molar-refractivity contribution in [2.75, 3.05) is 26.4 Å². The van der Waals surface area contributed by atoms with E-state index < -0.39 is 64.4 Å². The number of esters is 3. The highest BCUT2D eigenvalue weighted by Gasteiger charge is 2.28. The Hall–Kier alpha value is -3.86. The molecule has 0 aromatic carbocycles. The van der Waals surface area contributed by atoms with E-state index in [1.165, 1.54) is 57.8 Å². The molecule has 0 bridgehead atoms. The van der Waals surface area contributed by atoms with E-state index in [1.807, 2.05) is 30.4 Å². The van der Waals surface area contributed by atoms with E-state index >= 15 is 0 Å². The lowest BCUT2D eigenvalue weighted by Gasteiger charge is -2.21. The van der Waals surface area contributed by atoms with Crippen molar-refractivity contribution in [1.82, 2.24) is 0 Å². The predicted molar refractivity (Wildman–Crippen MR) is 279 cm³/mol. The maximum atomic E-state index is 12.8. The summed E-state index contributed by atoms with van der Waals surface area (Å²) in [5, 5.41) is 9.77. The van der Waals surface area contributed by atoms with Crippen molar-refractivity contribution < 1.29 is 52.2 Å². The van der Waals surface area contributed by atoms with Gasteiger partial charge in [0.15, 0.2) is 6.10 Å². The Morgan fingerprint density at radius 2 is 0.809 bits per heavy atom. The summed E-state index contributed by atoms with van der Waals surface area (Å²) in [5.74, 6) is -1.73. The fraction of sp³-hybridized carbons (Fsp3) is 0.625. The van der Waals surface area contributed by atoms with Gasteiger partial charge < -0.3 is 24.2 Å². The molecule has 0 heterocycles. The van der Waals surface area contributed by atoms with Crippen LogP contribution in [-0.4, -0.2) is 66.5 Å². The minimum atomic E-state index is -4.78. The molecule has 0 aromatic rings. The van der Waals surface area contributed by atoms with Gasteiger partial charge in [-0.1, -0.05) is 207 Å². The van der Waals surface area contributed by atoms with E-state index in [-0.39, 0.29) is 19.3 Å². The van der Waals surface area contributed by atoms with Gasteiger partial charge in [0.25, 0.3) is 0 Å². The van der Waals surface area contributed by atoms with Gasteiger partial charge in [-0.05, 0) is 70.6 Å². The van der Waals surface area contributed by atoms with Crippen molar-refractivity contribution in [1.29, 1.82) is 0 Å². The lowest BCUT2D eigenvalue weighted by atomic mass is 10.0. The van der Waals surface area contributed by atoms with Gasteiger partial charge in [-0.25, -0.2) is 4.57 Å². The maximum Gasteiger partial charge on any atom is 0.472 e. The number of carbonyl (C=O) groups excluding carboxylic acids is 3. The van der Waals surface area contributed by atoms with E-state index in [0.717, 1.165) is 64.2 Å². The number of rotatable bonds is 46. The predicted octanol–water partition coefficient (Wildman–Crippen LogP) is 14.7. The molecule has 11 nitrogen and oxygen atoms in total. The third-order valence-electron chi connectivity index (χ3n) is 10.2. The molecule has 0 aliphatic heterocycles. The monoisotopic (exact) mass is 971 g/mol. The fourth-order valence-electron chi connectivity index (χ4n) is 6.38. The summed E-state index contributed by atoms with van der Waals surface area (Å²) in [7, 11) is -4.78. The summed E-state index contributed by atoms with van der Waals surface area (Å²) in [6, 6.07) is 0. The van der Waals surface area contributed by atoms with E-state index in [4.69, 9.17) is 23.3 Å². The van der Waals surface area contributed by atoms with Gasteiger partial charge in [0, 0.05) is 12.8 Å². The molecular formula is C56H91O11P. The molecule has 12 heteroatoms. The summed E-state index contributed by atoms with van der Waals surface area (Å²) < 4.78 is 39.1. The van der Waals surface area contributed by atoms with Gasteiger partial charge in [-0.3, -0.25) is 23.4 Å². The number of phosphoric acid groups is 1. The number of ether oxygens (including phenoxy) is 3. The molecule has 386 valence electrons. The van der Waals surface area contributed by atoms with E-state index in [0.29, 0.717) is 25.7 Å². The van der Waals surface area contributed by atoms with Crippen LogP contribution in [0, 0.1) is 0 Å². The van der Waals surface area contributed by atoms with Crippen molar-refractivity contribution in [3.63, 3.8) is 0 Å². The summed E-state index contributed by atoms with van der Waals surface area (Å²) >= 11 is 0. The van der Waals surface area contributed by atoms with E-state index in [1.54, 1.807) is 6.08 Å². The first-order chi connectivity index (χ1) is 33.2. The van der Waals surface area contributed by atoms with Gasteiger partial charge >= 0.3 is 25.7 Å². The van der Waals surface area contributed by atoms with Gasteiger partial charge in [0.1, 0.15) is 12.7 Å². The number of unbranched alkanes of at least 4 members (excludes halogenated alkanes) is 12. The molecule has 68 heavy (non-hydrogen) atoms. The van der Waals surface area contributed by atoms with Gasteiger partial charge in [-0.15, -0.1) is 0 Å². The molecule has 0 radical (unpaired) electrons. The Balaban J connectivity index is 4.93. The SMILES string of the molecule is CC/C=C\C/C=C\C/C=C\C/C=C\C/C=C\CC(=O)OCC(COP(=O)(O)OCC(CO)OC(=O)CCCCCCCCCCCCCCC)OC(=O)CC/C=C\C/C=C\C/C=C\C/C=C\CC. The highest BCUT2D eigenvalue weighted by Crippen LogP contribution is 2.43. The van der Waals surface area contributed by atoms with Crippen LogP contribution in [-0.2, 0) is 42.2 Å². The molecule has 0 fully saturated rings. The number of aliphatic hydroxyl groups is 1. The molecule has 0 aromatic heterocycles. The first kappa shape index (κ1) is 64.1. The van der Waals surface area contributed by atoms with Crippen LogP contribution in [0.15, 0.2) is 109 Å². The standard InChI is InChI=1S/C56H91O11P/c1-4-7-10-13-16-19-22-25-26-29-30-33-36-39-42-45-54(58)63-49-53(67-56(60)47-44-41-38-35-32-28-24-21-18-15-12-9-6-3)51-65-68(61,62)64-50-52(48-57)66-55(59)46-43-40-37-34-31-27-23-20-17-14-11-8-5-2/h7,9-10,12,16,18-19,21,25-26,28,30,32-33,38-39,41-42,52-53,57H,4-6,8,11,13-15,17,20,22-24,27,29,31,34-37,40,43-51H2,1-3H3,(H,61,62)/b10-7-,12-9-,19-16-,21-18-,26-25-,32-28-,33-30-,41-38-,42-39-. The van der Waals surface area contributed by atoms with Crippen LogP contribution < -0.4 is 0 Å². The van der Waals surface area contributed by atoms with Crippen LogP contribution in [0.3, 0.4) is 0 Å². The molecule has 0 amide bonds. The first-order valence-electron chi connectivity index (χ1n) is 25.8. The van der Waals surface area contributed by atoms with Crippen LogP contribution in [0.25, 0.3) is 0 Å². The Bertz CT molecular complexity index is 1550. The number of carbonyl (C=O) groups is 3. The molecular weight excluding hydrogens is 880 g/mol. The highest BCUT2D eigenvalue weighted by atomic mass is 31.2. The highest BCUT2D eigenvalue weighted by molar-refractivity contribution is 7.47. The van der Waals surface area contributed by atoms with Crippen LogP contribution in [0.4, 0.5) is 0 Å². The molecule has 0 aliphatic rings. The maximum absolute atomic E-state index is 12.8. The van der Waals surface area contributed by atoms with E-state index in [2.05, 4.69) is 93.7 Å². The molecule has 0 rings (SSSR count). The molecule has 0 saturated carbocycles. The van der Waals surface area contributed by atoms with Gasteiger partial charge in [0.2, 0.25) is 0 Å². The van der Waals surface area contributed by atoms with Crippen LogP contribution >= 0.6 is 7.82 Å². The number of hydrogen-bond donors (Lipinski definition) is 2. The summed E-state index contributed by atoms with van der Waals surface area (Å²) in [6.07, 6.45) is 58.2. The Morgan fingerprint density at radius 3 is 1.25 bits per heavy atom. The van der Waals surface area contributed by atoms with Gasteiger partial charge in [-0.2, -0.15) is 0 Å². The Labute approximate surface area is 412 Å². The van der Waals surface area contributed by atoms with Crippen molar-refractivity contribution in [2.45, 2.75) is 200 Å². The first-order valence-corrected chi connectivity index (χ1v) is 27.3. The zero-order valence-corrected chi connectivity index (χ0v) is 43.2. The molecule has 3 atom stereocenters. The minimum absolute atomic E-state index is 0.0227. The molecule has 3 unspecified atom stereocenters. The minimum Gasteiger partial charge on any atom is -0.461 e. The van der Waals surface area contributed by atoms with Crippen LogP contribution in [0.1, 0.15) is 188 Å². The Kier molecular flexibility index (Phi) is 46.7. The second-order valence-corrected chi connectivity index (χ2v) is 18.0. The smallest absolute Gasteiger partial charge is 0.461 e. The zero-order chi connectivity index (χ0) is 49.9. The fourth-order valence-corrected chi connectivity index (χ4v) is 7.17. The van der Waals surface area contributed by atoms with Gasteiger partial charge in [0.05, 0.1) is 26.2 Å². The average Bonchev–Trinajstić information content (AvgIpc) is 3.32. The summed E-state index contributed by atoms with van der Waals surface area (Å²) in [4.78, 5) is 48.2. The number of aliphatic hydroxyl groups excluding tert-OH is 1. The third kappa shape index (κ3) is 47.2. The van der Waals surface area contributed by atoms with Crippen molar-refractivity contribution in [2.24, 2.45) is 0 Å². The number of phosphoric ester groups is 1. The molecule has 2 N–H and O–H groups in total. The molecule has 0 saturated heterocycles. The van der Waals surface area contributed by atoms with Crippen LogP contribution in [0.2, 0.25) is 0 Å². The average molecular weight is 971 g/mol. The number of hydrogen-bond acceptors (Lipinski definition) is 10. The number of allylic oxidation sites excluding steroid dienone is 17. The lowest BCUT2D eigenvalue weighted by Crippen LogP contribution is -2.30. The topological polar surface area (TPSA) is 155 Å². The summed E-state index contributed by atoms with van der Waals surface area (Å²) in [6.45, 7) is 4.19. The quantitative estimate of drug-likeness (QED) is 0.0197. The second-order valence-electron chi connectivity index (χ2n) is 16.6. The molecule has 0 aliphatic carbocycles. The summed E-state index contributed by atoms with van der Waals surface area (Å²) in [5.41, 5.74) is 0. The lowest BCUT2D eigenvalue weighted by molar-refractivity contribution is -0.160. The normalized spacial score (nSPS) is 14.4. The largest absolute Gasteiger partial charge is 0.472 e. The zero-order valence-electron chi connectivity index (χ0n) is 42.3. The van der Waals surface area contributed by atoms with Crippen molar-refractivity contribution >= 4 is 25.7 Å². The Morgan fingerprint density at radius 1 is 0.441 bits per heavy atom. The van der Waals surface area contributed by atoms with E-state index in [9.17, 15) is 28.9 Å². The third-order valence-corrected chi connectivity index (χ3v) is 11.2. The van der Waals surface area contributed by atoms with Crippen LogP contribution in [0.5, 0.6) is 0 Å². The van der Waals surface area contributed by atoms with Crippen molar-refractivity contribution in [3.05, 3.63) is 109 Å². The van der Waals surface area contributed by atoms with Crippen molar-refractivity contribution in [3.8, 4) is 0 Å². The second kappa shape index (κ2) is 49.6. The molecule has 0 spiro atoms.